The van der Waals surface area contributed by atoms with E-state index in [0.29, 0.717) is 5.41 Å². The molecule has 0 unspecified atom stereocenters. The average Bonchev–Trinajstić information content (AvgIpc) is 2.89. The molecular weight excluding hydrogens is 242 g/mol. The molecule has 1 N–H and O–H groups in total. The summed E-state index contributed by atoms with van der Waals surface area (Å²) < 4.78 is 5.11. The molecule has 0 saturated heterocycles. The summed E-state index contributed by atoms with van der Waals surface area (Å²) in [5.74, 6) is 0. The third-order valence-corrected chi connectivity index (χ3v) is 4.56. The molecule has 1 rings (SSSR count). The van der Waals surface area contributed by atoms with Crippen LogP contribution in [0.5, 0.6) is 0 Å². The first-order chi connectivity index (χ1) is 8.79. The van der Waals surface area contributed by atoms with Crippen LogP contribution in [0.1, 0.15) is 44.4 Å². The lowest BCUT2D eigenvalue weighted by Gasteiger charge is -2.33. The molecule has 0 saturated carbocycles. The minimum atomic E-state index is 0.325. The van der Waals surface area contributed by atoms with Crippen molar-refractivity contribution in [3.63, 3.8) is 0 Å². The fourth-order valence-electron chi connectivity index (χ4n) is 2.67. The van der Waals surface area contributed by atoms with Crippen molar-refractivity contribution in [1.82, 2.24) is 5.32 Å². The second kappa shape index (κ2) is 8.68. The fourth-order valence-corrected chi connectivity index (χ4v) is 3.66. The van der Waals surface area contributed by atoms with Crippen LogP contribution in [0.15, 0.2) is 17.5 Å². The third kappa shape index (κ3) is 4.38. The van der Waals surface area contributed by atoms with Crippen LogP contribution in [0.25, 0.3) is 0 Å². The van der Waals surface area contributed by atoms with E-state index in [2.05, 4.69) is 36.7 Å². The largest absolute Gasteiger partial charge is 0.383 e. The summed E-state index contributed by atoms with van der Waals surface area (Å²) in [5, 5.41) is 5.77. The molecule has 0 spiro atoms. The Bertz CT molecular complexity index is 291. The quantitative estimate of drug-likeness (QED) is 0.652. The Hall–Kier alpha value is -0.380. The van der Waals surface area contributed by atoms with Gasteiger partial charge in [0.1, 0.15) is 0 Å². The van der Waals surface area contributed by atoms with Gasteiger partial charge in [0.05, 0.1) is 6.61 Å². The molecule has 3 heteroatoms. The molecule has 104 valence electrons. The predicted octanol–water partition coefficient (Wildman–Crippen LogP) is 3.82. The van der Waals surface area contributed by atoms with Crippen LogP contribution in [0.4, 0.5) is 0 Å². The topological polar surface area (TPSA) is 21.3 Å². The lowest BCUT2D eigenvalue weighted by atomic mass is 9.77. The maximum Gasteiger partial charge on any atom is 0.0587 e. The van der Waals surface area contributed by atoms with Crippen LogP contribution in [0.2, 0.25) is 0 Å². The van der Waals surface area contributed by atoms with Gasteiger partial charge in [-0.3, -0.25) is 0 Å². The van der Waals surface area contributed by atoms with Crippen LogP contribution in [-0.4, -0.2) is 26.8 Å². The number of methoxy groups -OCH3 is 1. The van der Waals surface area contributed by atoms with Gasteiger partial charge in [-0.15, -0.1) is 11.3 Å². The number of ether oxygens (including phenoxy) is 1. The predicted molar refractivity (Wildman–Crippen MR) is 80.6 cm³/mol. The van der Waals surface area contributed by atoms with E-state index in [4.69, 9.17) is 4.74 Å². The molecule has 0 aliphatic heterocycles. The highest BCUT2D eigenvalue weighted by Gasteiger charge is 2.30. The van der Waals surface area contributed by atoms with E-state index in [1.54, 1.807) is 7.11 Å². The highest BCUT2D eigenvalue weighted by atomic mass is 32.1. The molecule has 1 aromatic rings. The summed E-state index contributed by atoms with van der Waals surface area (Å²) in [5.41, 5.74) is 0.325. The van der Waals surface area contributed by atoms with Crippen molar-refractivity contribution in [2.75, 3.05) is 26.8 Å². The zero-order chi connectivity index (χ0) is 13.3. The zero-order valence-corrected chi connectivity index (χ0v) is 12.8. The normalized spacial score (nSPS) is 11.9. The van der Waals surface area contributed by atoms with E-state index in [1.165, 1.54) is 30.6 Å². The summed E-state index contributed by atoms with van der Waals surface area (Å²) in [4.78, 5) is 1.54. The summed E-state index contributed by atoms with van der Waals surface area (Å²) in [7, 11) is 1.76. The SMILES string of the molecule is CCCC(CCC)(CNCCOC)c1cccs1. The van der Waals surface area contributed by atoms with Gasteiger partial charge < -0.3 is 10.1 Å². The van der Waals surface area contributed by atoms with Gasteiger partial charge in [0.25, 0.3) is 0 Å². The Morgan fingerprint density at radius 3 is 2.50 bits per heavy atom. The number of thiophene rings is 1. The zero-order valence-electron chi connectivity index (χ0n) is 12.0. The molecule has 1 heterocycles. The van der Waals surface area contributed by atoms with Gasteiger partial charge in [0.2, 0.25) is 0 Å². The van der Waals surface area contributed by atoms with Crippen molar-refractivity contribution in [1.29, 1.82) is 0 Å². The van der Waals surface area contributed by atoms with Crippen molar-refractivity contribution in [2.24, 2.45) is 0 Å². The first kappa shape index (κ1) is 15.7. The first-order valence-electron chi connectivity index (χ1n) is 7.02. The highest BCUT2D eigenvalue weighted by Crippen LogP contribution is 2.36. The molecule has 0 amide bonds. The molecule has 2 nitrogen and oxygen atoms in total. The van der Waals surface area contributed by atoms with E-state index in [-0.39, 0.29) is 0 Å². The van der Waals surface area contributed by atoms with Crippen LogP contribution in [0.3, 0.4) is 0 Å². The van der Waals surface area contributed by atoms with Gasteiger partial charge in [0, 0.05) is 30.5 Å². The Morgan fingerprint density at radius 2 is 2.00 bits per heavy atom. The van der Waals surface area contributed by atoms with Gasteiger partial charge in [-0.25, -0.2) is 0 Å². The standard InChI is InChI=1S/C15H27NOS/c1-4-8-15(9-5-2,13-16-10-11-17-3)14-7-6-12-18-14/h6-7,12,16H,4-5,8-11,13H2,1-3H3. The minimum Gasteiger partial charge on any atom is -0.383 e. The molecular formula is C15H27NOS. The molecule has 0 bridgehead atoms. The van der Waals surface area contributed by atoms with E-state index in [9.17, 15) is 0 Å². The number of hydrogen-bond acceptors (Lipinski definition) is 3. The first-order valence-corrected chi connectivity index (χ1v) is 7.90. The maximum atomic E-state index is 5.11. The number of hydrogen-bond donors (Lipinski definition) is 1. The Kier molecular flexibility index (Phi) is 7.56. The van der Waals surface area contributed by atoms with E-state index in [1.807, 2.05) is 11.3 Å². The smallest absolute Gasteiger partial charge is 0.0587 e. The van der Waals surface area contributed by atoms with Gasteiger partial charge >= 0.3 is 0 Å². The van der Waals surface area contributed by atoms with Crippen molar-refractivity contribution in [2.45, 2.75) is 44.9 Å². The van der Waals surface area contributed by atoms with Crippen LogP contribution in [-0.2, 0) is 10.2 Å². The van der Waals surface area contributed by atoms with Crippen molar-refractivity contribution in [3.05, 3.63) is 22.4 Å². The minimum absolute atomic E-state index is 0.325. The van der Waals surface area contributed by atoms with Crippen LogP contribution < -0.4 is 5.32 Å². The monoisotopic (exact) mass is 269 g/mol. The Balaban J connectivity index is 2.71. The van der Waals surface area contributed by atoms with Gasteiger partial charge in [-0.2, -0.15) is 0 Å². The molecule has 0 aromatic carbocycles. The van der Waals surface area contributed by atoms with Crippen molar-refractivity contribution >= 4 is 11.3 Å². The molecule has 0 aliphatic rings. The van der Waals surface area contributed by atoms with Crippen LogP contribution >= 0.6 is 11.3 Å². The van der Waals surface area contributed by atoms with E-state index >= 15 is 0 Å². The molecule has 1 aromatic heterocycles. The van der Waals surface area contributed by atoms with Gasteiger partial charge in [0.15, 0.2) is 0 Å². The third-order valence-electron chi connectivity index (χ3n) is 3.45. The molecule has 0 aliphatic carbocycles. The summed E-state index contributed by atoms with van der Waals surface area (Å²) in [6.45, 7) is 7.37. The lowest BCUT2D eigenvalue weighted by molar-refractivity contribution is 0.195. The fraction of sp³-hybridized carbons (Fsp3) is 0.733. The maximum absolute atomic E-state index is 5.11. The Morgan fingerprint density at radius 1 is 1.28 bits per heavy atom. The summed E-state index contributed by atoms with van der Waals surface area (Å²) >= 11 is 1.90. The highest BCUT2D eigenvalue weighted by molar-refractivity contribution is 7.10. The van der Waals surface area contributed by atoms with Crippen molar-refractivity contribution < 1.29 is 4.74 Å². The number of rotatable bonds is 10. The molecule has 0 fully saturated rings. The molecule has 18 heavy (non-hydrogen) atoms. The van der Waals surface area contributed by atoms with Crippen LogP contribution in [0, 0.1) is 0 Å². The second-order valence-corrected chi connectivity index (χ2v) is 5.87. The Labute approximate surface area is 116 Å². The summed E-state index contributed by atoms with van der Waals surface area (Å²) in [6, 6.07) is 4.48. The molecule has 0 radical (unpaired) electrons. The average molecular weight is 269 g/mol. The van der Waals surface area contributed by atoms with Gasteiger partial charge in [-0.1, -0.05) is 32.8 Å². The van der Waals surface area contributed by atoms with Crippen molar-refractivity contribution in [3.8, 4) is 0 Å². The second-order valence-electron chi connectivity index (χ2n) is 4.93. The molecule has 0 atom stereocenters. The van der Waals surface area contributed by atoms with E-state index in [0.717, 1.165) is 19.7 Å². The van der Waals surface area contributed by atoms with E-state index < -0.39 is 0 Å². The number of nitrogens with one attached hydrogen (secondary N) is 1. The van der Waals surface area contributed by atoms with Gasteiger partial charge in [-0.05, 0) is 24.3 Å². The summed E-state index contributed by atoms with van der Waals surface area (Å²) in [6.07, 6.45) is 5.01. The lowest BCUT2D eigenvalue weighted by Crippen LogP contribution is -2.38.